The zero-order chi connectivity index (χ0) is 18.0. The number of anilines is 1. The van der Waals surface area contributed by atoms with Crippen molar-refractivity contribution in [1.82, 2.24) is 4.98 Å². The fourth-order valence-electron chi connectivity index (χ4n) is 2.25. The maximum Gasteiger partial charge on any atom is 0.417 e. The third-order valence-corrected chi connectivity index (χ3v) is 5.41. The Kier molecular flexibility index (Phi) is 4.65. The van der Waals surface area contributed by atoms with Gasteiger partial charge in [0.05, 0.1) is 16.2 Å². The van der Waals surface area contributed by atoms with E-state index in [-0.39, 0.29) is 22.7 Å². The molecule has 9 heteroatoms. The van der Waals surface area contributed by atoms with Gasteiger partial charge in [-0.1, -0.05) is 17.7 Å². The lowest BCUT2D eigenvalue weighted by molar-refractivity contribution is -0.115. The summed E-state index contributed by atoms with van der Waals surface area (Å²) in [5.74, 6) is -1.48. The Morgan fingerprint density at radius 1 is 1.20 bits per heavy atom. The Morgan fingerprint density at radius 2 is 2.00 bits per heavy atom. The first-order valence-corrected chi connectivity index (χ1v) is 9.27. The molecule has 130 valence electrons. The minimum absolute atomic E-state index is 0.0155. The van der Waals surface area contributed by atoms with E-state index < -0.39 is 21.5 Å². The average Bonchev–Trinajstić information content (AvgIpc) is 2.92. The zero-order valence-electron chi connectivity index (χ0n) is 12.8. The molecule has 0 fully saturated rings. The number of H-pyrrole nitrogens is 1. The second-order valence-electron chi connectivity index (χ2n) is 5.30. The molecule has 0 bridgehead atoms. The number of hydrogen-bond acceptors (Lipinski definition) is 5. The van der Waals surface area contributed by atoms with Crippen LogP contribution in [-0.2, 0) is 14.6 Å². The van der Waals surface area contributed by atoms with Crippen LogP contribution in [0, 0.1) is 0 Å². The number of rotatable bonds is 5. The van der Waals surface area contributed by atoms with Crippen LogP contribution in [-0.4, -0.2) is 25.1 Å². The van der Waals surface area contributed by atoms with E-state index in [9.17, 15) is 18.0 Å². The van der Waals surface area contributed by atoms with E-state index in [1.54, 1.807) is 24.3 Å². The second kappa shape index (κ2) is 6.73. The molecule has 1 heterocycles. The van der Waals surface area contributed by atoms with Gasteiger partial charge in [0, 0.05) is 23.2 Å². The molecule has 1 aromatic heterocycles. The van der Waals surface area contributed by atoms with E-state index in [2.05, 4.69) is 10.3 Å². The third-order valence-electron chi connectivity index (χ3n) is 3.46. The average molecular weight is 381 g/mol. The van der Waals surface area contributed by atoms with Crippen LogP contribution in [0.25, 0.3) is 11.1 Å². The van der Waals surface area contributed by atoms with Crippen LogP contribution in [0.4, 0.5) is 5.69 Å². The van der Waals surface area contributed by atoms with Gasteiger partial charge in [-0.25, -0.2) is 13.2 Å². The molecular formula is C16H13ClN2O5S. The number of amides is 1. The fourth-order valence-corrected chi connectivity index (χ4v) is 3.70. The van der Waals surface area contributed by atoms with Crippen molar-refractivity contribution in [3.05, 3.63) is 58.0 Å². The summed E-state index contributed by atoms with van der Waals surface area (Å²) in [6.45, 7) is 0. The van der Waals surface area contributed by atoms with E-state index in [0.717, 1.165) is 0 Å². The van der Waals surface area contributed by atoms with Gasteiger partial charge in [0.1, 0.15) is 0 Å². The molecule has 2 N–H and O–H groups in total. The number of hydrogen-bond donors (Lipinski definition) is 2. The zero-order valence-corrected chi connectivity index (χ0v) is 14.4. The van der Waals surface area contributed by atoms with Gasteiger partial charge in [0.2, 0.25) is 5.91 Å². The minimum atomic E-state index is -3.70. The van der Waals surface area contributed by atoms with Gasteiger partial charge in [-0.3, -0.25) is 9.78 Å². The summed E-state index contributed by atoms with van der Waals surface area (Å²) in [4.78, 5) is 25.5. The Balaban J connectivity index is 1.69. The number of fused-ring (bicyclic) bond motifs is 1. The number of aromatic amines is 1. The van der Waals surface area contributed by atoms with E-state index >= 15 is 0 Å². The van der Waals surface area contributed by atoms with Gasteiger partial charge in [-0.05, 0) is 30.3 Å². The van der Waals surface area contributed by atoms with Crippen molar-refractivity contribution >= 4 is 44.1 Å². The van der Waals surface area contributed by atoms with E-state index in [4.69, 9.17) is 16.0 Å². The predicted octanol–water partition coefficient (Wildman–Crippen LogP) is 2.58. The van der Waals surface area contributed by atoms with Gasteiger partial charge in [0.15, 0.2) is 15.4 Å². The highest BCUT2D eigenvalue weighted by atomic mass is 35.5. The summed E-state index contributed by atoms with van der Waals surface area (Å²) in [5.41, 5.74) is 1.04. The maximum atomic E-state index is 12.4. The summed E-state index contributed by atoms with van der Waals surface area (Å²) >= 11 is 5.83. The number of sulfone groups is 1. The fraction of sp³-hybridized carbons (Fsp3) is 0.125. The Morgan fingerprint density at radius 3 is 2.76 bits per heavy atom. The van der Waals surface area contributed by atoms with Crippen LogP contribution < -0.4 is 11.1 Å². The van der Waals surface area contributed by atoms with Crippen LogP contribution in [0.2, 0.25) is 5.02 Å². The van der Waals surface area contributed by atoms with Crippen LogP contribution in [0.5, 0.6) is 0 Å². The normalized spacial score (nSPS) is 11.6. The van der Waals surface area contributed by atoms with Crippen molar-refractivity contribution in [3.63, 3.8) is 0 Å². The molecule has 0 aliphatic rings. The number of oxazole rings is 1. The molecule has 0 saturated heterocycles. The van der Waals surface area contributed by atoms with Crippen LogP contribution in [0.3, 0.4) is 0 Å². The molecule has 0 atom stereocenters. The Labute approximate surface area is 147 Å². The summed E-state index contributed by atoms with van der Waals surface area (Å²) in [6.07, 6.45) is -0.218. The van der Waals surface area contributed by atoms with Crippen molar-refractivity contribution < 1.29 is 17.6 Å². The number of carbonyl (C=O) groups excluding carboxylic acids is 1. The van der Waals surface area contributed by atoms with Crippen LogP contribution >= 0.6 is 11.6 Å². The number of aromatic nitrogens is 1. The van der Waals surface area contributed by atoms with E-state index in [0.29, 0.717) is 16.2 Å². The molecule has 0 aliphatic heterocycles. The first kappa shape index (κ1) is 17.2. The number of nitrogens with one attached hydrogen (secondary N) is 2. The number of halogens is 1. The number of carbonyl (C=O) groups is 1. The topological polar surface area (TPSA) is 109 Å². The molecule has 3 aromatic rings. The predicted molar refractivity (Wildman–Crippen MR) is 93.6 cm³/mol. The summed E-state index contributed by atoms with van der Waals surface area (Å²) in [5, 5.41) is 3.05. The smallest absolute Gasteiger partial charge is 0.408 e. The first-order valence-electron chi connectivity index (χ1n) is 7.24. The lowest BCUT2D eigenvalue weighted by Crippen LogP contribution is -2.17. The van der Waals surface area contributed by atoms with Crippen molar-refractivity contribution in [1.29, 1.82) is 0 Å². The molecular weight excluding hydrogens is 368 g/mol. The van der Waals surface area contributed by atoms with E-state index in [1.165, 1.54) is 18.2 Å². The summed E-state index contributed by atoms with van der Waals surface area (Å²) in [7, 11) is -3.70. The quantitative estimate of drug-likeness (QED) is 0.707. The van der Waals surface area contributed by atoms with Gasteiger partial charge >= 0.3 is 5.76 Å². The Bertz CT molecular complexity index is 1100. The molecule has 0 spiro atoms. The second-order valence-corrected chi connectivity index (χ2v) is 7.85. The summed E-state index contributed by atoms with van der Waals surface area (Å²) < 4.78 is 29.6. The molecule has 3 rings (SSSR count). The largest absolute Gasteiger partial charge is 0.417 e. The lowest BCUT2D eigenvalue weighted by atomic mass is 10.3. The van der Waals surface area contributed by atoms with E-state index in [1.807, 2.05) is 0 Å². The SMILES string of the molecule is O=C(CCS(=O)(=O)c1ccc2[nH]c(=O)oc2c1)Nc1cccc(Cl)c1. The third kappa shape index (κ3) is 4.09. The molecule has 0 unspecified atom stereocenters. The molecule has 0 saturated carbocycles. The van der Waals surface area contributed by atoms with Crippen LogP contribution in [0.1, 0.15) is 6.42 Å². The highest BCUT2D eigenvalue weighted by molar-refractivity contribution is 7.91. The molecule has 2 aromatic carbocycles. The summed E-state index contributed by atoms with van der Waals surface area (Å²) in [6, 6.07) is 10.6. The van der Waals surface area contributed by atoms with Crippen molar-refractivity contribution in [2.75, 3.05) is 11.1 Å². The molecule has 0 radical (unpaired) electrons. The van der Waals surface area contributed by atoms with Gasteiger partial charge in [-0.15, -0.1) is 0 Å². The van der Waals surface area contributed by atoms with Crippen molar-refractivity contribution in [3.8, 4) is 0 Å². The Hall–Kier alpha value is -2.58. The minimum Gasteiger partial charge on any atom is -0.408 e. The number of benzene rings is 2. The molecule has 0 aliphatic carbocycles. The van der Waals surface area contributed by atoms with Crippen LogP contribution in [0.15, 0.2) is 56.6 Å². The highest BCUT2D eigenvalue weighted by Gasteiger charge is 2.18. The maximum absolute atomic E-state index is 12.4. The lowest BCUT2D eigenvalue weighted by Gasteiger charge is -2.07. The van der Waals surface area contributed by atoms with Gasteiger partial charge < -0.3 is 9.73 Å². The standard InChI is InChI=1S/C16H13ClN2O5S/c17-10-2-1-3-11(8-10)18-15(20)6-7-25(22,23)12-4-5-13-14(9-12)24-16(21)19-13/h1-5,8-9H,6-7H2,(H,18,20)(H,19,21). The van der Waals surface area contributed by atoms with Crippen molar-refractivity contribution in [2.24, 2.45) is 0 Å². The molecule has 1 amide bonds. The van der Waals surface area contributed by atoms with Gasteiger partial charge in [0.25, 0.3) is 0 Å². The monoisotopic (exact) mass is 380 g/mol. The molecule has 7 nitrogen and oxygen atoms in total. The van der Waals surface area contributed by atoms with Crippen molar-refractivity contribution in [2.45, 2.75) is 11.3 Å². The highest BCUT2D eigenvalue weighted by Crippen LogP contribution is 2.19. The first-order chi connectivity index (χ1) is 11.8. The van der Waals surface area contributed by atoms with Gasteiger partial charge in [-0.2, -0.15) is 0 Å². The molecule has 25 heavy (non-hydrogen) atoms.